The summed E-state index contributed by atoms with van der Waals surface area (Å²) in [5.74, 6) is 0.524. The van der Waals surface area contributed by atoms with Crippen molar-refractivity contribution in [3.05, 3.63) is 35.2 Å². The van der Waals surface area contributed by atoms with Crippen LogP contribution in [0.15, 0.2) is 28.8 Å². The quantitative estimate of drug-likeness (QED) is 0.768. The SMILES string of the molecule is CC(C)N1C(=O)C2CCCCC2N(Cc2nc(-c3ccccc3Cl)no2)C1=O. The predicted octanol–water partition coefficient (Wildman–Crippen LogP) is 4.12. The van der Waals surface area contributed by atoms with Crippen molar-refractivity contribution in [1.29, 1.82) is 0 Å². The zero-order valence-corrected chi connectivity index (χ0v) is 16.7. The Morgan fingerprint density at radius 2 is 1.96 bits per heavy atom. The maximum Gasteiger partial charge on any atom is 0.327 e. The Balaban J connectivity index is 1.61. The molecule has 1 saturated carbocycles. The highest BCUT2D eigenvalue weighted by atomic mass is 35.5. The average molecular weight is 403 g/mol. The van der Waals surface area contributed by atoms with Gasteiger partial charge in [0.05, 0.1) is 10.9 Å². The molecule has 2 unspecified atom stereocenters. The number of fused-ring (bicyclic) bond motifs is 1. The lowest BCUT2D eigenvalue weighted by atomic mass is 9.81. The summed E-state index contributed by atoms with van der Waals surface area (Å²) in [6.45, 7) is 3.91. The minimum Gasteiger partial charge on any atom is -0.337 e. The van der Waals surface area contributed by atoms with Gasteiger partial charge in [0.1, 0.15) is 6.54 Å². The number of aromatic nitrogens is 2. The molecule has 0 radical (unpaired) electrons. The maximum absolute atomic E-state index is 13.1. The van der Waals surface area contributed by atoms with Crippen molar-refractivity contribution in [2.24, 2.45) is 5.92 Å². The predicted molar refractivity (Wildman–Crippen MR) is 103 cm³/mol. The molecule has 8 heteroatoms. The first-order chi connectivity index (χ1) is 13.5. The second-order valence-corrected chi connectivity index (χ2v) is 8.07. The van der Waals surface area contributed by atoms with Crippen LogP contribution in [0.25, 0.3) is 11.4 Å². The second-order valence-electron chi connectivity index (χ2n) is 7.66. The number of carbonyl (C=O) groups is 2. The van der Waals surface area contributed by atoms with Gasteiger partial charge in [-0.25, -0.2) is 4.79 Å². The zero-order valence-electron chi connectivity index (χ0n) is 16.0. The molecule has 2 aliphatic rings. The molecule has 4 rings (SSSR count). The minimum absolute atomic E-state index is 0.0526. The maximum atomic E-state index is 13.1. The molecule has 1 saturated heterocycles. The number of imide groups is 1. The monoisotopic (exact) mass is 402 g/mol. The van der Waals surface area contributed by atoms with E-state index in [1.54, 1.807) is 11.0 Å². The van der Waals surface area contributed by atoms with Crippen LogP contribution in [0.5, 0.6) is 0 Å². The lowest BCUT2D eigenvalue weighted by Crippen LogP contribution is -2.63. The van der Waals surface area contributed by atoms with E-state index in [1.165, 1.54) is 4.90 Å². The van der Waals surface area contributed by atoms with Gasteiger partial charge in [-0.15, -0.1) is 0 Å². The summed E-state index contributed by atoms with van der Waals surface area (Å²) in [5, 5.41) is 4.56. The number of benzene rings is 1. The van der Waals surface area contributed by atoms with Gasteiger partial charge in [-0.1, -0.05) is 41.7 Å². The summed E-state index contributed by atoms with van der Waals surface area (Å²) < 4.78 is 5.41. The highest BCUT2D eigenvalue weighted by Crippen LogP contribution is 2.36. The molecular formula is C20H23ClN4O3. The summed E-state index contributed by atoms with van der Waals surface area (Å²) in [4.78, 5) is 33.5. The van der Waals surface area contributed by atoms with Crippen LogP contribution in [-0.4, -0.2) is 44.0 Å². The topological polar surface area (TPSA) is 79.5 Å². The number of halogens is 1. The minimum atomic E-state index is -0.277. The third kappa shape index (κ3) is 3.28. The molecule has 1 aromatic carbocycles. The van der Waals surface area contributed by atoms with Gasteiger partial charge in [0.2, 0.25) is 17.6 Å². The number of amides is 3. The molecule has 148 valence electrons. The molecule has 2 fully saturated rings. The molecule has 3 amide bonds. The van der Waals surface area contributed by atoms with Crippen LogP contribution in [0, 0.1) is 5.92 Å². The Morgan fingerprint density at radius 3 is 2.71 bits per heavy atom. The average Bonchev–Trinajstić information content (AvgIpc) is 3.14. The zero-order chi connectivity index (χ0) is 19.8. The Hall–Kier alpha value is -2.41. The Morgan fingerprint density at radius 1 is 1.21 bits per heavy atom. The first kappa shape index (κ1) is 18.9. The van der Waals surface area contributed by atoms with Gasteiger partial charge in [0, 0.05) is 17.6 Å². The van der Waals surface area contributed by atoms with Gasteiger partial charge in [0.25, 0.3) is 0 Å². The normalized spacial score (nSPS) is 22.7. The molecule has 1 aliphatic heterocycles. The van der Waals surface area contributed by atoms with Gasteiger partial charge in [-0.2, -0.15) is 4.98 Å². The van der Waals surface area contributed by atoms with Crippen LogP contribution in [-0.2, 0) is 11.3 Å². The van der Waals surface area contributed by atoms with Gasteiger partial charge in [-0.3, -0.25) is 9.69 Å². The van der Waals surface area contributed by atoms with E-state index in [-0.39, 0.29) is 36.5 Å². The van der Waals surface area contributed by atoms with Gasteiger partial charge < -0.3 is 9.42 Å². The van der Waals surface area contributed by atoms with E-state index in [0.29, 0.717) is 22.3 Å². The van der Waals surface area contributed by atoms with Crippen molar-refractivity contribution in [1.82, 2.24) is 19.9 Å². The van der Waals surface area contributed by atoms with E-state index in [1.807, 2.05) is 32.0 Å². The Labute approximate surface area is 168 Å². The van der Waals surface area contributed by atoms with Crippen LogP contribution in [0.3, 0.4) is 0 Å². The third-order valence-corrected chi connectivity index (χ3v) is 5.87. The number of hydrogen-bond acceptors (Lipinski definition) is 5. The fraction of sp³-hybridized carbons (Fsp3) is 0.500. The molecule has 0 spiro atoms. The first-order valence-corrected chi connectivity index (χ1v) is 10.1. The molecule has 1 aromatic heterocycles. The van der Waals surface area contributed by atoms with Crippen LogP contribution in [0.4, 0.5) is 4.79 Å². The number of urea groups is 1. The Kier molecular flexibility index (Phi) is 5.10. The van der Waals surface area contributed by atoms with Crippen molar-refractivity contribution < 1.29 is 14.1 Å². The molecule has 2 heterocycles. The summed E-state index contributed by atoms with van der Waals surface area (Å²) in [6.07, 6.45) is 3.65. The summed E-state index contributed by atoms with van der Waals surface area (Å²) in [7, 11) is 0. The molecule has 1 aliphatic carbocycles. The highest BCUT2D eigenvalue weighted by molar-refractivity contribution is 6.33. The first-order valence-electron chi connectivity index (χ1n) is 9.68. The van der Waals surface area contributed by atoms with Crippen molar-refractivity contribution in [3.8, 4) is 11.4 Å². The summed E-state index contributed by atoms with van der Waals surface area (Å²) in [6, 6.07) is 6.69. The van der Waals surface area contributed by atoms with Crippen LogP contribution >= 0.6 is 11.6 Å². The van der Waals surface area contributed by atoms with Crippen molar-refractivity contribution in [2.75, 3.05) is 0 Å². The number of nitrogens with zero attached hydrogens (tertiary/aromatic N) is 4. The molecule has 7 nitrogen and oxygen atoms in total. The van der Waals surface area contributed by atoms with Gasteiger partial charge in [-0.05, 0) is 38.8 Å². The molecule has 0 N–H and O–H groups in total. The van der Waals surface area contributed by atoms with E-state index >= 15 is 0 Å². The molecular weight excluding hydrogens is 380 g/mol. The molecule has 2 atom stereocenters. The summed E-state index contributed by atoms with van der Waals surface area (Å²) in [5.41, 5.74) is 0.679. The lowest BCUT2D eigenvalue weighted by Gasteiger charge is -2.47. The van der Waals surface area contributed by atoms with E-state index in [4.69, 9.17) is 16.1 Å². The Bertz CT molecular complexity index is 897. The second kappa shape index (κ2) is 7.54. The smallest absolute Gasteiger partial charge is 0.327 e. The number of carbonyl (C=O) groups excluding carboxylic acids is 2. The van der Waals surface area contributed by atoms with E-state index in [2.05, 4.69) is 10.1 Å². The largest absolute Gasteiger partial charge is 0.337 e. The van der Waals surface area contributed by atoms with Crippen LogP contribution in [0.2, 0.25) is 5.02 Å². The van der Waals surface area contributed by atoms with Gasteiger partial charge >= 0.3 is 6.03 Å². The third-order valence-electron chi connectivity index (χ3n) is 5.54. The fourth-order valence-electron chi connectivity index (χ4n) is 4.20. The van der Waals surface area contributed by atoms with Gasteiger partial charge in [0.15, 0.2) is 0 Å². The standard InChI is InChI=1S/C20H23ClN4O3/c1-12(2)25-19(26)14-8-4-6-10-16(14)24(20(25)27)11-17-22-18(23-28-17)13-7-3-5-9-15(13)21/h3,5,7,9,12,14,16H,4,6,8,10-11H2,1-2H3. The van der Waals surface area contributed by atoms with Crippen molar-refractivity contribution in [3.63, 3.8) is 0 Å². The van der Waals surface area contributed by atoms with E-state index in [9.17, 15) is 9.59 Å². The molecule has 0 bridgehead atoms. The van der Waals surface area contributed by atoms with E-state index < -0.39 is 0 Å². The lowest BCUT2D eigenvalue weighted by molar-refractivity contribution is -0.142. The summed E-state index contributed by atoms with van der Waals surface area (Å²) >= 11 is 6.21. The van der Waals surface area contributed by atoms with Crippen LogP contribution in [0.1, 0.15) is 45.4 Å². The van der Waals surface area contributed by atoms with Crippen molar-refractivity contribution >= 4 is 23.5 Å². The number of hydrogen-bond donors (Lipinski definition) is 0. The fourth-order valence-corrected chi connectivity index (χ4v) is 4.42. The highest BCUT2D eigenvalue weighted by Gasteiger charge is 2.48. The van der Waals surface area contributed by atoms with Crippen molar-refractivity contribution in [2.45, 2.75) is 58.2 Å². The number of rotatable bonds is 4. The molecule has 2 aromatic rings. The van der Waals surface area contributed by atoms with E-state index in [0.717, 1.165) is 25.7 Å². The molecule has 28 heavy (non-hydrogen) atoms. The van der Waals surface area contributed by atoms with Crippen LogP contribution < -0.4 is 0 Å².